The monoisotopic (exact) mass is 659 g/mol. The van der Waals surface area contributed by atoms with Crippen molar-refractivity contribution in [3.05, 3.63) is 121 Å². The lowest BCUT2D eigenvalue weighted by molar-refractivity contribution is -0.450. The Bertz CT molecular complexity index is 2120. The summed E-state index contributed by atoms with van der Waals surface area (Å²) >= 11 is 12.3. The van der Waals surface area contributed by atoms with Gasteiger partial charge >= 0.3 is 5.91 Å². The summed E-state index contributed by atoms with van der Waals surface area (Å²) in [7, 11) is 1.55. The van der Waals surface area contributed by atoms with Gasteiger partial charge in [-0.1, -0.05) is 23.2 Å². The van der Waals surface area contributed by atoms with E-state index in [0.29, 0.717) is 45.2 Å². The van der Waals surface area contributed by atoms with E-state index in [9.17, 15) is 18.8 Å². The van der Waals surface area contributed by atoms with Crippen LogP contribution in [-0.4, -0.2) is 49.7 Å². The number of anilines is 1. The van der Waals surface area contributed by atoms with Crippen LogP contribution in [0.2, 0.25) is 10.0 Å². The van der Waals surface area contributed by atoms with Gasteiger partial charge < -0.3 is 15.6 Å². The van der Waals surface area contributed by atoms with Gasteiger partial charge in [0.2, 0.25) is 5.95 Å². The molecule has 1 aliphatic heterocycles. The van der Waals surface area contributed by atoms with E-state index in [1.807, 2.05) is 13.1 Å². The Hall–Kier alpha value is -4.80. The van der Waals surface area contributed by atoms with Crippen molar-refractivity contribution in [3.8, 4) is 5.69 Å². The second-order valence-electron chi connectivity index (χ2n) is 11.3. The van der Waals surface area contributed by atoms with Gasteiger partial charge in [-0.25, -0.2) is 18.7 Å². The average Bonchev–Trinajstić information content (AvgIpc) is 3.43. The van der Waals surface area contributed by atoms with E-state index in [1.54, 1.807) is 61.0 Å². The van der Waals surface area contributed by atoms with Crippen LogP contribution < -0.4 is 16.2 Å². The molecule has 46 heavy (non-hydrogen) atoms. The molecule has 12 heteroatoms. The van der Waals surface area contributed by atoms with Crippen LogP contribution in [-0.2, 0) is 19.4 Å². The summed E-state index contributed by atoms with van der Waals surface area (Å²) in [4.78, 5) is 48.0. The molecule has 0 saturated carbocycles. The quantitative estimate of drug-likeness (QED) is 0.188. The standard InChI is InChI=1S/C34H29Cl2FN6O3/c1-18(12-22-16-39-29-11-7-23(37)15-25(22)29)40-34-41-30-17-42(32(45)21-6-10-27(35)28(36)14-21)19(2)13-26(30)33(46)43(34)24-8-4-20(5-9-24)31(44)38-3/h4-11,14-16,18,39H,12-13,17H2,1-3H3,(H-,38,40,41,44,46)/p+1. The van der Waals surface area contributed by atoms with Crippen molar-refractivity contribution < 1.29 is 18.6 Å². The van der Waals surface area contributed by atoms with Crippen LogP contribution in [0.15, 0.2) is 71.7 Å². The summed E-state index contributed by atoms with van der Waals surface area (Å²) in [6.07, 6.45) is 2.56. The average molecular weight is 661 g/mol. The Kier molecular flexibility index (Phi) is 8.50. The van der Waals surface area contributed by atoms with Crippen LogP contribution in [0.25, 0.3) is 16.6 Å². The molecule has 3 N–H and O–H groups in total. The van der Waals surface area contributed by atoms with E-state index < -0.39 is 0 Å². The normalized spacial score (nSPS) is 13.4. The summed E-state index contributed by atoms with van der Waals surface area (Å²) in [5.74, 6) is -0.587. The Labute approximate surface area is 273 Å². The van der Waals surface area contributed by atoms with Crippen molar-refractivity contribution in [1.29, 1.82) is 0 Å². The van der Waals surface area contributed by atoms with Gasteiger partial charge in [0, 0.05) is 42.7 Å². The molecular formula is C34H30Cl2FN6O3+. The van der Waals surface area contributed by atoms with Crippen LogP contribution in [0.1, 0.15) is 51.4 Å². The number of aromatic nitrogens is 3. The second kappa shape index (κ2) is 12.5. The van der Waals surface area contributed by atoms with Crippen molar-refractivity contribution in [3.63, 3.8) is 0 Å². The first-order valence-corrected chi connectivity index (χ1v) is 15.4. The number of halogens is 3. The van der Waals surface area contributed by atoms with Crippen molar-refractivity contribution >= 4 is 57.6 Å². The van der Waals surface area contributed by atoms with Gasteiger partial charge in [-0.3, -0.25) is 9.59 Å². The number of nitrogens with zero attached hydrogens (tertiary/aromatic N) is 3. The number of hydrogen-bond acceptors (Lipinski definition) is 5. The molecule has 1 atom stereocenters. The first kappa shape index (κ1) is 31.2. The maximum absolute atomic E-state index is 14.2. The van der Waals surface area contributed by atoms with E-state index in [1.165, 1.54) is 22.8 Å². The predicted octanol–water partition coefficient (Wildman–Crippen LogP) is 5.93. The number of nitrogens with one attached hydrogen (secondary N) is 3. The highest BCUT2D eigenvalue weighted by atomic mass is 35.5. The van der Waals surface area contributed by atoms with Gasteiger partial charge in [0.1, 0.15) is 11.5 Å². The lowest BCUT2D eigenvalue weighted by Crippen LogP contribution is -2.38. The minimum atomic E-state index is -0.327. The molecule has 5 aromatic rings. The number of H-pyrrole nitrogens is 1. The molecule has 0 saturated heterocycles. The lowest BCUT2D eigenvalue weighted by atomic mass is 10.0. The van der Waals surface area contributed by atoms with Crippen molar-refractivity contribution in [1.82, 2.24) is 19.9 Å². The molecule has 6 rings (SSSR count). The molecule has 0 fully saturated rings. The van der Waals surface area contributed by atoms with E-state index in [4.69, 9.17) is 28.2 Å². The number of rotatable bonds is 7. The number of aromatic amines is 1. The Morgan fingerprint density at radius 1 is 1.07 bits per heavy atom. The summed E-state index contributed by atoms with van der Waals surface area (Å²) in [5.41, 5.74) is 4.38. The highest BCUT2D eigenvalue weighted by molar-refractivity contribution is 6.42. The maximum Gasteiger partial charge on any atom is 0.419 e. The maximum atomic E-state index is 14.2. The molecule has 0 aliphatic carbocycles. The summed E-state index contributed by atoms with van der Waals surface area (Å²) in [5, 5.41) is 7.37. The van der Waals surface area contributed by atoms with Crippen LogP contribution in [0.5, 0.6) is 0 Å². The van der Waals surface area contributed by atoms with Crippen molar-refractivity contribution in [2.24, 2.45) is 0 Å². The number of carbonyl (C=O) groups is 2. The first-order valence-electron chi connectivity index (χ1n) is 14.6. The SMILES string of the molecule is CNC(=O)c1ccc(-n2c(NC(C)Cc3c[nH]c4ccc(F)cc34)nc3c(c2=O)CC(C)=[N+](C(=O)c2ccc(Cl)c(Cl)c2)C3)cc1. The molecule has 2 amide bonds. The van der Waals surface area contributed by atoms with Crippen molar-refractivity contribution in [2.45, 2.75) is 39.3 Å². The van der Waals surface area contributed by atoms with Crippen molar-refractivity contribution in [2.75, 3.05) is 12.4 Å². The van der Waals surface area contributed by atoms with Gasteiger partial charge in [-0.05, 0) is 79.6 Å². The molecule has 9 nitrogen and oxygen atoms in total. The largest absolute Gasteiger partial charge is 0.419 e. The van der Waals surface area contributed by atoms with Gasteiger partial charge in [0.25, 0.3) is 11.5 Å². The Balaban J connectivity index is 1.39. The van der Waals surface area contributed by atoms with Crippen LogP contribution >= 0.6 is 23.2 Å². The number of fused-ring (bicyclic) bond motifs is 2. The molecular weight excluding hydrogens is 630 g/mol. The highest BCUT2D eigenvalue weighted by Gasteiger charge is 2.33. The Morgan fingerprint density at radius 2 is 1.80 bits per heavy atom. The van der Waals surface area contributed by atoms with E-state index >= 15 is 0 Å². The molecule has 234 valence electrons. The molecule has 3 heterocycles. The smallest absolute Gasteiger partial charge is 0.361 e. The zero-order valence-corrected chi connectivity index (χ0v) is 26.8. The molecule has 3 aromatic carbocycles. The molecule has 0 radical (unpaired) electrons. The molecule has 0 spiro atoms. The van der Waals surface area contributed by atoms with Gasteiger partial charge in [-0.2, -0.15) is 4.58 Å². The topological polar surface area (TPSA) is 112 Å². The third-order valence-corrected chi connectivity index (χ3v) is 8.86. The van der Waals surface area contributed by atoms with Gasteiger partial charge in [-0.15, -0.1) is 0 Å². The minimum Gasteiger partial charge on any atom is -0.361 e. The summed E-state index contributed by atoms with van der Waals surface area (Å²) < 4.78 is 17.1. The van der Waals surface area contributed by atoms with Crippen LogP contribution in [0.4, 0.5) is 10.3 Å². The second-order valence-corrected chi connectivity index (χ2v) is 12.1. The minimum absolute atomic E-state index is 0.0801. The van der Waals surface area contributed by atoms with E-state index in [-0.39, 0.29) is 53.2 Å². The summed E-state index contributed by atoms with van der Waals surface area (Å²) in [6.45, 7) is 3.83. The zero-order chi connectivity index (χ0) is 32.7. The highest BCUT2D eigenvalue weighted by Crippen LogP contribution is 2.26. The molecule has 1 unspecified atom stereocenters. The fraction of sp³-hybridized carbons (Fsp3) is 0.206. The van der Waals surface area contributed by atoms with Gasteiger partial charge in [0.05, 0.1) is 33.3 Å². The molecule has 2 aromatic heterocycles. The van der Waals surface area contributed by atoms with Crippen LogP contribution in [0, 0.1) is 5.82 Å². The summed E-state index contributed by atoms with van der Waals surface area (Å²) in [6, 6.07) is 15.7. The fourth-order valence-electron chi connectivity index (χ4n) is 5.74. The third kappa shape index (κ3) is 5.93. The number of carbonyl (C=O) groups excluding carboxylic acids is 2. The van der Waals surface area contributed by atoms with Gasteiger partial charge in [0.15, 0.2) is 12.3 Å². The van der Waals surface area contributed by atoms with E-state index in [0.717, 1.165) is 16.5 Å². The first-order chi connectivity index (χ1) is 22.0. The predicted molar refractivity (Wildman–Crippen MR) is 177 cm³/mol. The van der Waals surface area contributed by atoms with E-state index in [2.05, 4.69) is 15.6 Å². The zero-order valence-electron chi connectivity index (χ0n) is 25.2. The molecule has 0 bridgehead atoms. The number of amides is 2. The Morgan fingerprint density at radius 3 is 2.52 bits per heavy atom. The number of benzene rings is 3. The fourth-order valence-corrected chi connectivity index (χ4v) is 6.04. The molecule has 1 aliphatic rings. The van der Waals surface area contributed by atoms with Crippen LogP contribution in [0.3, 0.4) is 0 Å². The lowest BCUT2D eigenvalue weighted by Gasteiger charge is -2.22. The number of hydrogen-bond donors (Lipinski definition) is 3. The third-order valence-electron chi connectivity index (χ3n) is 8.12.